The summed E-state index contributed by atoms with van der Waals surface area (Å²) in [5.41, 5.74) is 0. The van der Waals surface area contributed by atoms with Crippen molar-refractivity contribution in [1.82, 2.24) is 5.32 Å². The van der Waals surface area contributed by atoms with Crippen molar-refractivity contribution >= 4 is 23.4 Å². The van der Waals surface area contributed by atoms with Crippen molar-refractivity contribution in [3.8, 4) is 0 Å². The molecule has 1 aromatic carbocycles. The molecule has 1 rings (SSSR count). The fourth-order valence-electron chi connectivity index (χ4n) is 1.46. The highest BCUT2D eigenvalue weighted by molar-refractivity contribution is 7.99. The molecular formula is C14H22ClNS. The molecule has 0 unspecified atom stereocenters. The largest absolute Gasteiger partial charge is 0.316 e. The summed E-state index contributed by atoms with van der Waals surface area (Å²) in [6.07, 6.45) is 2.52. The summed E-state index contributed by atoms with van der Waals surface area (Å²) in [6.45, 7) is 6.75. The Morgan fingerprint density at radius 3 is 2.53 bits per heavy atom. The maximum Gasteiger partial charge on any atom is 0.0406 e. The van der Waals surface area contributed by atoms with Crippen LogP contribution in [-0.4, -0.2) is 18.8 Å². The van der Waals surface area contributed by atoms with E-state index in [2.05, 4.69) is 31.3 Å². The van der Waals surface area contributed by atoms with Gasteiger partial charge < -0.3 is 5.32 Å². The molecule has 3 heteroatoms. The van der Waals surface area contributed by atoms with E-state index in [1.807, 2.05) is 23.9 Å². The quantitative estimate of drug-likeness (QED) is 0.553. The molecule has 1 nitrogen and oxygen atoms in total. The lowest BCUT2D eigenvalue weighted by molar-refractivity contribution is 0.541. The monoisotopic (exact) mass is 271 g/mol. The average molecular weight is 272 g/mol. The Bertz CT molecular complexity index is 298. The summed E-state index contributed by atoms with van der Waals surface area (Å²) in [4.78, 5) is 1.31. The smallest absolute Gasteiger partial charge is 0.0406 e. The molecule has 1 aromatic rings. The topological polar surface area (TPSA) is 12.0 Å². The van der Waals surface area contributed by atoms with Gasteiger partial charge in [-0.25, -0.2) is 0 Å². The molecule has 0 aliphatic carbocycles. The maximum absolute atomic E-state index is 5.84. The summed E-state index contributed by atoms with van der Waals surface area (Å²) < 4.78 is 0. The fourth-order valence-corrected chi connectivity index (χ4v) is 2.50. The molecule has 0 spiro atoms. The molecular weight excluding hydrogens is 250 g/mol. The van der Waals surface area contributed by atoms with Gasteiger partial charge in [-0.2, -0.15) is 0 Å². The Hall–Kier alpha value is -0.180. The third-order valence-corrected chi connectivity index (χ3v) is 3.73. The van der Waals surface area contributed by atoms with Crippen molar-refractivity contribution in [3.63, 3.8) is 0 Å². The van der Waals surface area contributed by atoms with Crippen molar-refractivity contribution in [2.24, 2.45) is 5.92 Å². The van der Waals surface area contributed by atoms with Gasteiger partial charge in [0.2, 0.25) is 0 Å². The molecule has 1 N–H and O–H groups in total. The summed E-state index contributed by atoms with van der Waals surface area (Å²) in [5, 5.41) is 4.28. The lowest BCUT2D eigenvalue weighted by Gasteiger charge is -2.07. The molecule has 0 radical (unpaired) electrons. The zero-order valence-corrected chi connectivity index (χ0v) is 12.3. The van der Waals surface area contributed by atoms with Crippen LogP contribution in [0.5, 0.6) is 0 Å². The second kappa shape index (κ2) is 8.84. The second-order valence-electron chi connectivity index (χ2n) is 4.61. The van der Waals surface area contributed by atoms with Crippen LogP contribution in [0.2, 0.25) is 5.02 Å². The van der Waals surface area contributed by atoms with Gasteiger partial charge in [-0.05, 0) is 61.9 Å². The third kappa shape index (κ3) is 7.69. The van der Waals surface area contributed by atoms with E-state index >= 15 is 0 Å². The van der Waals surface area contributed by atoms with E-state index < -0.39 is 0 Å². The van der Waals surface area contributed by atoms with Crippen molar-refractivity contribution in [1.29, 1.82) is 0 Å². The van der Waals surface area contributed by atoms with E-state index in [4.69, 9.17) is 11.6 Å². The van der Waals surface area contributed by atoms with Gasteiger partial charge in [-0.15, -0.1) is 11.8 Å². The van der Waals surface area contributed by atoms with Gasteiger partial charge in [0.05, 0.1) is 0 Å². The number of halogens is 1. The van der Waals surface area contributed by atoms with Gasteiger partial charge in [0.15, 0.2) is 0 Å². The SMILES string of the molecule is CC(C)CNCCCCSc1ccc(Cl)cc1. The highest BCUT2D eigenvalue weighted by Crippen LogP contribution is 2.21. The van der Waals surface area contributed by atoms with E-state index in [-0.39, 0.29) is 0 Å². The number of rotatable bonds is 8. The molecule has 0 aliphatic rings. The van der Waals surface area contributed by atoms with Crippen LogP contribution in [0.25, 0.3) is 0 Å². The Kier molecular flexibility index (Phi) is 7.74. The van der Waals surface area contributed by atoms with Crippen LogP contribution in [-0.2, 0) is 0 Å². The number of hydrogen-bond donors (Lipinski definition) is 1. The molecule has 0 aromatic heterocycles. The standard InChI is InChI=1S/C14H22ClNS/c1-12(2)11-16-9-3-4-10-17-14-7-5-13(15)6-8-14/h5-8,12,16H,3-4,9-11H2,1-2H3. The number of benzene rings is 1. The molecule has 0 saturated carbocycles. The minimum Gasteiger partial charge on any atom is -0.316 e. The summed E-state index contributed by atoms with van der Waals surface area (Å²) >= 11 is 7.75. The molecule has 0 heterocycles. The first-order chi connectivity index (χ1) is 8.18. The molecule has 17 heavy (non-hydrogen) atoms. The lowest BCUT2D eigenvalue weighted by Crippen LogP contribution is -2.20. The number of thioether (sulfide) groups is 1. The van der Waals surface area contributed by atoms with Crippen LogP contribution in [0.4, 0.5) is 0 Å². The van der Waals surface area contributed by atoms with E-state index in [1.165, 1.54) is 23.5 Å². The minimum absolute atomic E-state index is 0.749. The Labute approximate surface area is 114 Å². The van der Waals surface area contributed by atoms with Crippen LogP contribution in [0.3, 0.4) is 0 Å². The molecule has 0 amide bonds. The van der Waals surface area contributed by atoms with Gasteiger partial charge in [0.1, 0.15) is 0 Å². The second-order valence-corrected chi connectivity index (χ2v) is 6.21. The zero-order valence-electron chi connectivity index (χ0n) is 10.7. The van der Waals surface area contributed by atoms with Crippen molar-refractivity contribution in [2.45, 2.75) is 31.6 Å². The van der Waals surface area contributed by atoms with Crippen LogP contribution in [0, 0.1) is 5.92 Å². The Morgan fingerprint density at radius 1 is 1.18 bits per heavy atom. The highest BCUT2D eigenvalue weighted by Gasteiger charge is 1.95. The van der Waals surface area contributed by atoms with Crippen molar-refractivity contribution < 1.29 is 0 Å². The van der Waals surface area contributed by atoms with Crippen LogP contribution < -0.4 is 5.32 Å². The number of hydrogen-bond acceptors (Lipinski definition) is 2. The van der Waals surface area contributed by atoms with Gasteiger partial charge in [-0.1, -0.05) is 25.4 Å². The lowest BCUT2D eigenvalue weighted by atomic mass is 10.2. The van der Waals surface area contributed by atoms with E-state index in [9.17, 15) is 0 Å². The number of nitrogens with one attached hydrogen (secondary N) is 1. The minimum atomic E-state index is 0.749. The normalized spacial score (nSPS) is 11.1. The van der Waals surface area contributed by atoms with Crippen molar-refractivity contribution in [2.75, 3.05) is 18.8 Å². The predicted molar refractivity (Wildman–Crippen MR) is 79.1 cm³/mol. The first-order valence-electron chi connectivity index (χ1n) is 6.27. The van der Waals surface area contributed by atoms with Crippen molar-refractivity contribution in [3.05, 3.63) is 29.3 Å². The van der Waals surface area contributed by atoms with Crippen LogP contribution in [0.15, 0.2) is 29.2 Å². The Morgan fingerprint density at radius 2 is 1.88 bits per heavy atom. The Balaban J connectivity index is 1.99. The summed E-state index contributed by atoms with van der Waals surface area (Å²) in [5.74, 6) is 1.93. The summed E-state index contributed by atoms with van der Waals surface area (Å²) in [6, 6.07) is 8.08. The van der Waals surface area contributed by atoms with E-state index in [1.54, 1.807) is 0 Å². The third-order valence-electron chi connectivity index (χ3n) is 2.38. The van der Waals surface area contributed by atoms with Crippen LogP contribution >= 0.6 is 23.4 Å². The molecule has 0 saturated heterocycles. The highest BCUT2D eigenvalue weighted by atomic mass is 35.5. The molecule has 96 valence electrons. The summed E-state index contributed by atoms with van der Waals surface area (Å²) in [7, 11) is 0. The average Bonchev–Trinajstić information content (AvgIpc) is 2.30. The van der Waals surface area contributed by atoms with Gasteiger partial charge >= 0.3 is 0 Å². The maximum atomic E-state index is 5.84. The van der Waals surface area contributed by atoms with E-state index in [0.717, 1.165) is 24.0 Å². The molecule has 0 atom stereocenters. The molecule has 0 aliphatic heterocycles. The molecule has 0 fully saturated rings. The predicted octanol–water partition coefficient (Wildman–Crippen LogP) is 4.46. The zero-order chi connectivity index (χ0) is 12.5. The number of unbranched alkanes of at least 4 members (excludes halogenated alkanes) is 1. The van der Waals surface area contributed by atoms with Gasteiger partial charge in [0.25, 0.3) is 0 Å². The fraction of sp³-hybridized carbons (Fsp3) is 0.571. The first kappa shape index (κ1) is 14.9. The van der Waals surface area contributed by atoms with Gasteiger partial charge in [-0.3, -0.25) is 0 Å². The van der Waals surface area contributed by atoms with Crippen LogP contribution in [0.1, 0.15) is 26.7 Å². The molecule has 0 bridgehead atoms. The van der Waals surface area contributed by atoms with E-state index in [0.29, 0.717) is 0 Å². The first-order valence-corrected chi connectivity index (χ1v) is 7.64. The van der Waals surface area contributed by atoms with Gasteiger partial charge in [0, 0.05) is 9.92 Å².